The van der Waals surface area contributed by atoms with Crippen molar-refractivity contribution in [2.45, 2.75) is 42.6 Å². The predicted molar refractivity (Wildman–Crippen MR) is 108 cm³/mol. The van der Waals surface area contributed by atoms with Crippen LogP contribution in [0.3, 0.4) is 0 Å². The van der Waals surface area contributed by atoms with Gasteiger partial charge in [-0.25, -0.2) is 0 Å². The smallest absolute Gasteiger partial charge is 0.151 e. The lowest BCUT2D eigenvalue weighted by atomic mass is 9.82. The molecule has 2 aromatic rings. The monoisotopic (exact) mass is 357 g/mol. The maximum Gasteiger partial charge on any atom is 0.151 e. The first-order valence-electron chi connectivity index (χ1n) is 8.73. The highest BCUT2D eigenvalue weighted by molar-refractivity contribution is 7.82. The molecule has 2 aromatic carbocycles. The number of benzene rings is 2. The topological polar surface area (TPSA) is 12.5 Å². The highest BCUT2D eigenvalue weighted by atomic mass is 32.1. The summed E-state index contributed by atoms with van der Waals surface area (Å²) in [6.07, 6.45) is 3.54. The van der Waals surface area contributed by atoms with E-state index in [2.05, 4.69) is 42.2 Å². The molecule has 4 heteroatoms. The van der Waals surface area contributed by atoms with Crippen molar-refractivity contribution in [1.29, 1.82) is 0 Å². The zero-order valence-corrected chi connectivity index (χ0v) is 15.6. The van der Waals surface area contributed by atoms with Gasteiger partial charge in [0.2, 0.25) is 0 Å². The Morgan fingerprint density at radius 1 is 1.00 bits per heavy atom. The summed E-state index contributed by atoms with van der Waals surface area (Å²) in [5, 5.41) is 0.745. The van der Waals surface area contributed by atoms with E-state index in [4.69, 9.17) is 30.0 Å². The van der Waals surface area contributed by atoms with Crippen molar-refractivity contribution in [3.8, 4) is 11.5 Å². The van der Waals surface area contributed by atoms with Gasteiger partial charge < -0.3 is 9.64 Å². The molecule has 0 saturated heterocycles. The molecule has 0 N–H and O–H groups in total. The Kier molecular flexibility index (Phi) is 4.44. The summed E-state index contributed by atoms with van der Waals surface area (Å²) in [5.74, 6) is 2.25. The normalized spacial score (nSPS) is 25.6. The van der Waals surface area contributed by atoms with Crippen LogP contribution in [-0.4, -0.2) is 17.0 Å². The summed E-state index contributed by atoms with van der Waals surface area (Å²) in [4.78, 5) is 2.31. The summed E-state index contributed by atoms with van der Waals surface area (Å²) in [6.45, 7) is 3.09. The van der Waals surface area contributed by atoms with Crippen LogP contribution in [-0.2, 0) is 0 Å². The number of hydrogen-bond acceptors (Lipinski definition) is 4. The fraction of sp³-hybridized carbons (Fsp3) is 0.400. The highest BCUT2D eigenvalue weighted by Gasteiger charge is 2.32. The van der Waals surface area contributed by atoms with Crippen molar-refractivity contribution in [1.82, 2.24) is 0 Å². The van der Waals surface area contributed by atoms with Gasteiger partial charge in [0.1, 0.15) is 0 Å². The van der Waals surface area contributed by atoms with Crippen molar-refractivity contribution < 1.29 is 4.74 Å². The van der Waals surface area contributed by atoms with Gasteiger partial charge >= 0.3 is 0 Å². The second kappa shape index (κ2) is 6.57. The van der Waals surface area contributed by atoms with Gasteiger partial charge in [-0.15, -0.1) is 0 Å². The number of thiol groups is 2. The molecule has 2 nitrogen and oxygen atoms in total. The van der Waals surface area contributed by atoms with Crippen LogP contribution in [0.1, 0.15) is 37.7 Å². The molecule has 2 aliphatic rings. The van der Waals surface area contributed by atoms with Crippen LogP contribution in [0.5, 0.6) is 11.5 Å². The maximum absolute atomic E-state index is 6.22. The Hall–Kier alpha value is -1.26. The Balaban J connectivity index is 1.74. The number of para-hydroxylation sites is 2. The third-order valence-corrected chi connectivity index (χ3v) is 6.34. The average Bonchev–Trinajstić information content (AvgIpc) is 2.59. The van der Waals surface area contributed by atoms with E-state index >= 15 is 0 Å². The molecule has 1 heterocycles. The molecule has 126 valence electrons. The Bertz CT molecular complexity index is 738. The van der Waals surface area contributed by atoms with Crippen molar-refractivity contribution in [3.05, 3.63) is 48.0 Å². The second-order valence-electron chi connectivity index (χ2n) is 6.63. The van der Waals surface area contributed by atoms with Crippen LogP contribution in [0, 0.1) is 0 Å². The summed E-state index contributed by atoms with van der Waals surface area (Å²) in [5.41, 5.74) is 3.57. The minimum absolute atomic E-state index is 0.373. The Morgan fingerprint density at radius 3 is 2.46 bits per heavy atom. The number of hydrogen-bond donors (Lipinski definition) is 2. The molecule has 24 heavy (non-hydrogen) atoms. The first-order valence-corrected chi connectivity index (χ1v) is 9.77. The van der Waals surface area contributed by atoms with Crippen LogP contribution in [0.4, 0.5) is 11.4 Å². The molecule has 2 atom stereocenters. The largest absolute Gasteiger partial charge is 0.453 e. The van der Waals surface area contributed by atoms with E-state index in [1.54, 1.807) is 0 Å². The Morgan fingerprint density at radius 2 is 1.71 bits per heavy atom. The van der Waals surface area contributed by atoms with E-state index in [9.17, 15) is 0 Å². The van der Waals surface area contributed by atoms with Gasteiger partial charge in [-0.2, -0.15) is 25.3 Å². The lowest BCUT2D eigenvalue weighted by Gasteiger charge is -2.36. The molecule has 1 saturated carbocycles. The average molecular weight is 358 g/mol. The van der Waals surface area contributed by atoms with Crippen LogP contribution in [0.25, 0.3) is 0 Å². The van der Waals surface area contributed by atoms with Crippen LogP contribution >= 0.6 is 25.3 Å². The highest BCUT2D eigenvalue weighted by Crippen LogP contribution is 2.48. The molecule has 2 unspecified atom stereocenters. The zero-order valence-electron chi connectivity index (χ0n) is 13.9. The quantitative estimate of drug-likeness (QED) is 0.658. The van der Waals surface area contributed by atoms with Gasteiger partial charge in [0, 0.05) is 23.0 Å². The molecule has 1 aliphatic carbocycles. The molecule has 1 aliphatic heterocycles. The first-order chi connectivity index (χ1) is 11.7. The van der Waals surface area contributed by atoms with Gasteiger partial charge in [-0.3, -0.25) is 0 Å². The third-order valence-electron chi connectivity index (χ3n) is 5.18. The molecule has 0 amide bonds. The van der Waals surface area contributed by atoms with Crippen molar-refractivity contribution >= 4 is 36.6 Å². The Labute approximate surface area is 155 Å². The first kappa shape index (κ1) is 16.2. The SMILES string of the molecule is CCN1c2ccccc2Oc2cc(C3C(S)CCCC3S)ccc21. The fourth-order valence-corrected chi connectivity index (χ4v) is 5.25. The molecule has 1 fully saturated rings. The van der Waals surface area contributed by atoms with E-state index in [0.29, 0.717) is 16.4 Å². The van der Waals surface area contributed by atoms with E-state index in [-0.39, 0.29) is 0 Å². The lowest BCUT2D eigenvalue weighted by Crippen LogP contribution is -2.28. The number of anilines is 2. The molecular formula is C20H23NOS2. The van der Waals surface area contributed by atoms with Crippen molar-refractivity contribution in [3.63, 3.8) is 0 Å². The number of nitrogens with zero attached hydrogens (tertiary/aromatic N) is 1. The third kappa shape index (κ3) is 2.70. The number of ether oxygens (including phenoxy) is 1. The number of fused-ring (bicyclic) bond motifs is 2. The molecule has 0 spiro atoms. The predicted octanol–water partition coefficient (Wildman–Crippen LogP) is 5.81. The molecule has 0 bridgehead atoms. The second-order valence-corrected chi connectivity index (χ2v) is 7.96. The minimum atomic E-state index is 0.373. The van der Waals surface area contributed by atoms with Gasteiger partial charge in [-0.1, -0.05) is 24.6 Å². The van der Waals surface area contributed by atoms with Gasteiger partial charge in [-0.05, 0) is 49.6 Å². The van der Waals surface area contributed by atoms with Gasteiger partial charge in [0.15, 0.2) is 11.5 Å². The lowest BCUT2D eigenvalue weighted by molar-refractivity contribution is 0.459. The van der Waals surface area contributed by atoms with Gasteiger partial charge in [0.25, 0.3) is 0 Å². The standard InChI is InChI=1S/C20H23NOS2/c1-2-21-14-6-3-4-7-16(14)22-17-12-13(10-11-15(17)21)20-18(23)8-5-9-19(20)24/h3-4,6-7,10-12,18-20,23-24H,2,5,8-9H2,1H3. The van der Waals surface area contributed by atoms with E-state index in [1.165, 1.54) is 12.0 Å². The van der Waals surface area contributed by atoms with Crippen molar-refractivity contribution in [2.24, 2.45) is 0 Å². The fourth-order valence-electron chi connectivity index (χ4n) is 3.99. The van der Waals surface area contributed by atoms with E-state index in [0.717, 1.165) is 42.3 Å². The molecule has 4 rings (SSSR count). The minimum Gasteiger partial charge on any atom is -0.453 e. The molecule has 0 aromatic heterocycles. The maximum atomic E-state index is 6.22. The van der Waals surface area contributed by atoms with Crippen LogP contribution < -0.4 is 9.64 Å². The van der Waals surface area contributed by atoms with Crippen LogP contribution in [0.2, 0.25) is 0 Å². The summed E-state index contributed by atoms with van der Waals surface area (Å²) in [7, 11) is 0. The summed E-state index contributed by atoms with van der Waals surface area (Å²) < 4.78 is 6.22. The number of rotatable bonds is 2. The van der Waals surface area contributed by atoms with Gasteiger partial charge in [0.05, 0.1) is 11.4 Å². The molecule has 0 radical (unpaired) electrons. The summed E-state index contributed by atoms with van der Waals surface area (Å²) in [6, 6.07) is 14.9. The van der Waals surface area contributed by atoms with E-state index in [1.807, 2.05) is 12.1 Å². The zero-order chi connectivity index (χ0) is 16.7. The molecular weight excluding hydrogens is 334 g/mol. The van der Waals surface area contributed by atoms with Crippen molar-refractivity contribution in [2.75, 3.05) is 11.4 Å². The summed E-state index contributed by atoms with van der Waals surface area (Å²) >= 11 is 9.67. The van der Waals surface area contributed by atoms with Crippen LogP contribution in [0.15, 0.2) is 42.5 Å². The van der Waals surface area contributed by atoms with E-state index < -0.39 is 0 Å².